The monoisotopic (exact) mass is 388 g/mol. The highest BCUT2D eigenvalue weighted by Crippen LogP contribution is 2.45. The standard InChI is InChI=1S/C22H29O4P/c1-16-14-17(2)22(18(3)15-16)27(24,26-5)20-12-10-19(11-13-20)8-6-7-9-21(23)25-4/h10-15H,6-9H2,1-5H3. The van der Waals surface area contributed by atoms with Crippen LogP contribution in [0.15, 0.2) is 36.4 Å². The van der Waals surface area contributed by atoms with Gasteiger partial charge in [0.1, 0.15) is 0 Å². The van der Waals surface area contributed by atoms with E-state index in [1.54, 1.807) is 0 Å². The second-order valence-corrected chi connectivity index (χ2v) is 9.36. The molecule has 0 N–H and O–H groups in total. The van der Waals surface area contributed by atoms with Crippen LogP contribution in [0, 0.1) is 20.8 Å². The topological polar surface area (TPSA) is 52.6 Å². The van der Waals surface area contributed by atoms with Gasteiger partial charge in [0.25, 0.3) is 7.37 Å². The number of hydrogen-bond acceptors (Lipinski definition) is 4. The molecular formula is C22H29O4P. The smallest absolute Gasteiger partial charge is 0.305 e. The molecule has 146 valence electrons. The van der Waals surface area contributed by atoms with Gasteiger partial charge in [-0.15, -0.1) is 0 Å². The van der Waals surface area contributed by atoms with Crippen LogP contribution in [0.25, 0.3) is 0 Å². The van der Waals surface area contributed by atoms with Gasteiger partial charge in [-0.05, 0) is 68.9 Å². The number of unbranched alkanes of at least 4 members (excludes halogenated alkanes) is 1. The summed E-state index contributed by atoms with van der Waals surface area (Å²) >= 11 is 0. The van der Waals surface area contributed by atoms with E-state index in [4.69, 9.17) is 4.52 Å². The molecule has 27 heavy (non-hydrogen) atoms. The van der Waals surface area contributed by atoms with Gasteiger partial charge < -0.3 is 9.26 Å². The van der Waals surface area contributed by atoms with Crippen LogP contribution in [0.4, 0.5) is 0 Å². The summed E-state index contributed by atoms with van der Waals surface area (Å²) in [5.74, 6) is -0.171. The van der Waals surface area contributed by atoms with E-state index in [1.807, 2.05) is 57.2 Å². The van der Waals surface area contributed by atoms with Gasteiger partial charge in [-0.25, -0.2) is 0 Å². The van der Waals surface area contributed by atoms with Gasteiger partial charge in [0, 0.05) is 24.1 Å². The van der Waals surface area contributed by atoms with Crippen LogP contribution in [-0.4, -0.2) is 20.2 Å². The maximum Gasteiger partial charge on any atom is 0.305 e. The second-order valence-electron chi connectivity index (χ2n) is 6.93. The molecule has 0 saturated heterocycles. The van der Waals surface area contributed by atoms with Crippen molar-refractivity contribution in [3.05, 3.63) is 58.7 Å². The van der Waals surface area contributed by atoms with Crippen molar-refractivity contribution in [2.75, 3.05) is 14.2 Å². The van der Waals surface area contributed by atoms with Gasteiger partial charge in [-0.2, -0.15) is 0 Å². The first-order valence-corrected chi connectivity index (χ1v) is 10.8. The molecule has 1 atom stereocenters. The highest BCUT2D eigenvalue weighted by Gasteiger charge is 2.30. The summed E-state index contributed by atoms with van der Waals surface area (Å²) in [5.41, 5.74) is 4.29. The van der Waals surface area contributed by atoms with Crippen molar-refractivity contribution in [3.63, 3.8) is 0 Å². The number of hydrogen-bond donors (Lipinski definition) is 0. The fourth-order valence-electron chi connectivity index (χ4n) is 3.52. The zero-order chi connectivity index (χ0) is 20.0. The molecule has 0 aliphatic rings. The average Bonchev–Trinajstić information content (AvgIpc) is 2.64. The van der Waals surface area contributed by atoms with E-state index in [0.717, 1.165) is 46.8 Å². The third kappa shape index (κ3) is 5.09. The first-order chi connectivity index (χ1) is 12.8. The van der Waals surface area contributed by atoms with Gasteiger partial charge in [-0.1, -0.05) is 29.8 Å². The lowest BCUT2D eigenvalue weighted by Gasteiger charge is -2.22. The van der Waals surface area contributed by atoms with E-state index < -0.39 is 7.37 Å². The summed E-state index contributed by atoms with van der Waals surface area (Å²) in [4.78, 5) is 11.2. The molecule has 0 aliphatic carbocycles. The zero-order valence-corrected chi connectivity index (χ0v) is 17.8. The molecule has 0 bridgehead atoms. The molecule has 0 aromatic heterocycles. The quantitative estimate of drug-likeness (QED) is 0.383. The molecule has 0 saturated carbocycles. The number of methoxy groups -OCH3 is 1. The van der Waals surface area contributed by atoms with Crippen molar-refractivity contribution in [1.29, 1.82) is 0 Å². The molecular weight excluding hydrogens is 359 g/mol. The lowest BCUT2D eigenvalue weighted by atomic mass is 10.1. The third-order valence-electron chi connectivity index (χ3n) is 4.79. The van der Waals surface area contributed by atoms with Crippen LogP contribution in [0.1, 0.15) is 41.5 Å². The molecule has 2 rings (SSSR count). The van der Waals surface area contributed by atoms with Crippen molar-refractivity contribution in [3.8, 4) is 0 Å². The Balaban J connectivity index is 2.19. The minimum atomic E-state index is -3.13. The molecule has 0 aliphatic heterocycles. The van der Waals surface area contributed by atoms with E-state index in [1.165, 1.54) is 14.2 Å². The molecule has 0 amide bonds. The fourth-order valence-corrected chi connectivity index (χ4v) is 5.77. The van der Waals surface area contributed by atoms with Gasteiger partial charge >= 0.3 is 5.97 Å². The molecule has 0 radical (unpaired) electrons. The van der Waals surface area contributed by atoms with E-state index >= 15 is 0 Å². The summed E-state index contributed by atoms with van der Waals surface area (Å²) < 4.78 is 24.0. The van der Waals surface area contributed by atoms with Gasteiger partial charge in [-0.3, -0.25) is 9.36 Å². The van der Waals surface area contributed by atoms with E-state index in [0.29, 0.717) is 11.7 Å². The van der Waals surface area contributed by atoms with Crippen LogP contribution in [0.3, 0.4) is 0 Å². The van der Waals surface area contributed by atoms with Crippen molar-refractivity contribution < 1.29 is 18.6 Å². The average molecular weight is 388 g/mol. The first kappa shape index (κ1) is 21.4. The number of carbonyl (C=O) groups is 1. The molecule has 0 heterocycles. The van der Waals surface area contributed by atoms with Crippen molar-refractivity contribution >= 4 is 23.9 Å². The Kier molecular flexibility index (Phi) is 7.41. The summed E-state index contributed by atoms with van der Waals surface area (Å²) in [7, 11) is -0.206. The van der Waals surface area contributed by atoms with Gasteiger partial charge in [0.2, 0.25) is 0 Å². The highest BCUT2D eigenvalue weighted by molar-refractivity contribution is 7.74. The molecule has 5 heteroatoms. The largest absolute Gasteiger partial charge is 0.469 e. The van der Waals surface area contributed by atoms with Gasteiger partial charge in [0.15, 0.2) is 0 Å². The minimum absolute atomic E-state index is 0.171. The van der Waals surface area contributed by atoms with E-state index in [2.05, 4.69) is 4.74 Å². The Bertz CT molecular complexity index is 817. The number of esters is 1. The number of aryl methyl sites for hydroxylation is 4. The number of rotatable bonds is 8. The minimum Gasteiger partial charge on any atom is -0.469 e. The van der Waals surface area contributed by atoms with Crippen molar-refractivity contribution in [2.45, 2.75) is 46.5 Å². The van der Waals surface area contributed by atoms with Crippen LogP contribution >= 0.6 is 7.37 Å². The fraction of sp³-hybridized carbons (Fsp3) is 0.409. The molecule has 1 unspecified atom stereocenters. The Labute approximate surface area is 162 Å². The lowest BCUT2D eigenvalue weighted by molar-refractivity contribution is -0.140. The van der Waals surface area contributed by atoms with Crippen LogP contribution in [0.5, 0.6) is 0 Å². The Morgan fingerprint density at radius 3 is 2.07 bits per heavy atom. The molecule has 2 aromatic rings. The Morgan fingerprint density at radius 2 is 1.56 bits per heavy atom. The summed E-state index contributed by atoms with van der Waals surface area (Å²) in [5, 5.41) is 1.50. The maximum absolute atomic E-state index is 13.7. The Morgan fingerprint density at radius 1 is 0.963 bits per heavy atom. The first-order valence-electron chi connectivity index (χ1n) is 9.22. The highest BCUT2D eigenvalue weighted by atomic mass is 31.2. The predicted octanol–water partition coefficient (Wildman–Crippen LogP) is 4.37. The summed E-state index contributed by atoms with van der Waals surface area (Å²) in [6.07, 6.45) is 3.02. The predicted molar refractivity (Wildman–Crippen MR) is 111 cm³/mol. The number of ether oxygens (including phenoxy) is 1. The van der Waals surface area contributed by atoms with E-state index in [9.17, 15) is 9.36 Å². The summed E-state index contributed by atoms with van der Waals surface area (Å²) in [6.45, 7) is 6.00. The molecule has 4 nitrogen and oxygen atoms in total. The third-order valence-corrected chi connectivity index (χ3v) is 7.57. The Hall–Kier alpha value is -1.90. The maximum atomic E-state index is 13.7. The normalized spacial score (nSPS) is 13.2. The lowest BCUT2D eigenvalue weighted by Crippen LogP contribution is -2.22. The number of benzene rings is 2. The summed E-state index contributed by atoms with van der Waals surface area (Å²) in [6, 6.07) is 11.9. The zero-order valence-electron chi connectivity index (χ0n) is 16.9. The SMILES string of the molecule is COC(=O)CCCCc1ccc(P(=O)(OC)c2c(C)cc(C)cc2C)cc1. The second kappa shape index (κ2) is 9.34. The number of carbonyl (C=O) groups excluding carboxylic acids is 1. The van der Waals surface area contributed by atoms with Crippen LogP contribution in [0.2, 0.25) is 0 Å². The molecule has 0 spiro atoms. The van der Waals surface area contributed by atoms with Crippen LogP contribution < -0.4 is 10.6 Å². The van der Waals surface area contributed by atoms with Crippen LogP contribution in [-0.2, 0) is 25.0 Å². The van der Waals surface area contributed by atoms with Crippen molar-refractivity contribution in [1.82, 2.24) is 0 Å². The molecule has 2 aromatic carbocycles. The molecule has 0 fully saturated rings. The van der Waals surface area contributed by atoms with Crippen molar-refractivity contribution in [2.24, 2.45) is 0 Å². The van der Waals surface area contributed by atoms with Gasteiger partial charge in [0.05, 0.1) is 7.11 Å². The van der Waals surface area contributed by atoms with E-state index in [-0.39, 0.29) is 5.97 Å².